The number of nitrogens with two attached hydrogens (primary N) is 1. The molecule has 0 bridgehead atoms. The summed E-state index contributed by atoms with van der Waals surface area (Å²) in [5.41, 5.74) is 6.73. The fourth-order valence-corrected chi connectivity index (χ4v) is 6.53. The Bertz CT molecular complexity index is 1520. The molecule has 0 fully saturated rings. The van der Waals surface area contributed by atoms with Crippen LogP contribution in [0.25, 0.3) is 10.2 Å². The molecule has 0 spiro atoms. The molecule has 3 rings (SSSR count). The zero-order valence-corrected chi connectivity index (χ0v) is 28.9. The molecule has 248 valence electrons. The molecule has 0 aliphatic rings. The summed E-state index contributed by atoms with van der Waals surface area (Å²) in [5, 5.41) is 6.52. The third-order valence-electron chi connectivity index (χ3n) is 6.86. The van der Waals surface area contributed by atoms with Crippen LogP contribution in [0.1, 0.15) is 74.1 Å². The molecule has 0 saturated heterocycles. The van der Waals surface area contributed by atoms with Crippen LogP contribution in [0.3, 0.4) is 0 Å². The summed E-state index contributed by atoms with van der Waals surface area (Å²) in [6.45, 7) is 15.6. The second kappa shape index (κ2) is 15.8. The third kappa shape index (κ3) is 11.6. The summed E-state index contributed by atoms with van der Waals surface area (Å²) in [6, 6.07) is 11.4. The van der Waals surface area contributed by atoms with Crippen molar-refractivity contribution in [2.45, 2.75) is 103 Å². The van der Waals surface area contributed by atoms with Crippen molar-refractivity contribution >= 4 is 54.4 Å². The van der Waals surface area contributed by atoms with E-state index in [0.717, 1.165) is 18.8 Å². The highest BCUT2D eigenvalue weighted by Gasteiger charge is 2.22. The number of fused-ring (bicyclic) bond motifs is 1. The minimum Gasteiger partial charge on any atom is -0.459 e. The summed E-state index contributed by atoms with van der Waals surface area (Å²) in [7, 11) is -4.06. The molecule has 13 heteroatoms. The minimum atomic E-state index is -4.06. The highest BCUT2D eigenvalue weighted by atomic mass is 32.2. The first-order chi connectivity index (χ1) is 21.0. The Hall–Kier alpha value is -3.26. The zero-order chi connectivity index (χ0) is 33.4. The Kier molecular flexibility index (Phi) is 12.7. The molecular weight excluding hydrogens is 615 g/mol. The first kappa shape index (κ1) is 36.2. The van der Waals surface area contributed by atoms with E-state index in [9.17, 15) is 18.0 Å². The number of hydrogen-bond acceptors (Lipinski definition) is 11. The average Bonchev–Trinajstić information content (AvgIpc) is 3.33. The number of carbonyl (C=O) groups is 2. The number of carbonyl (C=O) groups excluding carboxylic acids is 2. The van der Waals surface area contributed by atoms with Gasteiger partial charge < -0.3 is 25.3 Å². The van der Waals surface area contributed by atoms with Gasteiger partial charge in [0.15, 0.2) is 5.13 Å². The number of thiazole rings is 1. The maximum Gasteiger partial charge on any atom is 0.339 e. The smallest absolute Gasteiger partial charge is 0.339 e. The average molecular weight is 662 g/mol. The Morgan fingerprint density at radius 2 is 1.69 bits per heavy atom. The van der Waals surface area contributed by atoms with Crippen LogP contribution in [0.4, 0.5) is 10.8 Å². The van der Waals surface area contributed by atoms with Crippen molar-refractivity contribution < 1.29 is 26.9 Å². The van der Waals surface area contributed by atoms with E-state index in [1.54, 1.807) is 45.0 Å². The van der Waals surface area contributed by atoms with Crippen molar-refractivity contribution in [3.8, 4) is 5.75 Å². The number of hydrogen-bond donors (Lipinski definition) is 3. The summed E-state index contributed by atoms with van der Waals surface area (Å²) in [6.07, 6.45) is 1.81. The van der Waals surface area contributed by atoms with Crippen LogP contribution >= 0.6 is 11.3 Å². The fourth-order valence-electron chi connectivity index (χ4n) is 4.69. The number of esters is 1. The van der Waals surface area contributed by atoms with Gasteiger partial charge in [-0.3, -0.25) is 14.5 Å². The largest absolute Gasteiger partial charge is 0.459 e. The molecule has 1 atom stereocenters. The van der Waals surface area contributed by atoms with Gasteiger partial charge in [-0.1, -0.05) is 17.8 Å². The Labute approximate surface area is 271 Å². The van der Waals surface area contributed by atoms with Crippen molar-refractivity contribution in [2.75, 3.05) is 23.7 Å². The van der Waals surface area contributed by atoms with Gasteiger partial charge in [0.25, 0.3) is 0 Å². The van der Waals surface area contributed by atoms with Gasteiger partial charge in [0.1, 0.15) is 22.3 Å². The SMILES string of the molecule is CC(C)N(CCNc1ccc(S(=O)(=O)Oc2ccc3nc(NC(=O)CCCCC(N)C(=O)OC(C)(C)C)sc3c2)cc1)C(C)C. The predicted molar refractivity (Wildman–Crippen MR) is 180 cm³/mol. The Morgan fingerprint density at radius 1 is 1.02 bits per heavy atom. The monoisotopic (exact) mass is 661 g/mol. The number of benzene rings is 2. The van der Waals surface area contributed by atoms with Crippen LogP contribution in [0.2, 0.25) is 0 Å². The lowest BCUT2D eigenvalue weighted by Gasteiger charge is -2.30. The fraction of sp³-hybridized carbons (Fsp3) is 0.531. The van der Waals surface area contributed by atoms with Crippen LogP contribution in [0.5, 0.6) is 5.75 Å². The van der Waals surface area contributed by atoms with Gasteiger partial charge in [-0.2, -0.15) is 8.42 Å². The summed E-state index contributed by atoms with van der Waals surface area (Å²) >= 11 is 1.22. The molecule has 11 nitrogen and oxygen atoms in total. The van der Waals surface area contributed by atoms with E-state index in [4.69, 9.17) is 14.7 Å². The maximum atomic E-state index is 13.0. The molecule has 1 aromatic heterocycles. The molecule has 1 amide bonds. The number of ether oxygens (including phenoxy) is 1. The number of nitrogens with zero attached hydrogens (tertiary/aromatic N) is 2. The van der Waals surface area contributed by atoms with Crippen molar-refractivity contribution in [2.24, 2.45) is 5.73 Å². The molecule has 0 aliphatic heterocycles. The van der Waals surface area contributed by atoms with Crippen LogP contribution in [0.15, 0.2) is 47.4 Å². The second-order valence-electron chi connectivity index (χ2n) is 12.5. The van der Waals surface area contributed by atoms with E-state index in [1.165, 1.54) is 29.5 Å². The van der Waals surface area contributed by atoms with Gasteiger partial charge in [0, 0.05) is 43.3 Å². The van der Waals surface area contributed by atoms with Crippen LogP contribution in [-0.4, -0.2) is 67.0 Å². The second-order valence-corrected chi connectivity index (χ2v) is 15.1. The first-order valence-electron chi connectivity index (χ1n) is 15.3. The van der Waals surface area contributed by atoms with Crippen LogP contribution < -0.4 is 20.6 Å². The quantitative estimate of drug-likeness (QED) is 0.0981. The first-order valence-corrected chi connectivity index (χ1v) is 17.5. The molecule has 45 heavy (non-hydrogen) atoms. The standard InChI is InChI=1S/C32H47N5O6S2/c1-21(2)37(22(3)4)19-18-34-23-12-15-25(16-13-23)45(40,41)43-24-14-17-27-28(20-24)44-31(35-27)36-29(38)11-9-8-10-26(33)30(39)42-32(5,6)7/h12-17,20-22,26,34H,8-11,18-19,33H2,1-7H3,(H,35,36,38). The topological polar surface area (TPSA) is 153 Å². The molecule has 2 aromatic carbocycles. The molecule has 1 heterocycles. The van der Waals surface area contributed by atoms with Gasteiger partial charge in [-0.25, -0.2) is 4.98 Å². The molecular formula is C32H47N5O6S2. The summed E-state index contributed by atoms with van der Waals surface area (Å²) in [4.78, 5) is 31.3. The van der Waals surface area contributed by atoms with Gasteiger partial charge in [0.2, 0.25) is 5.91 Å². The molecule has 0 radical (unpaired) electrons. The number of anilines is 2. The Morgan fingerprint density at radius 3 is 2.31 bits per heavy atom. The van der Waals surface area contributed by atoms with Crippen molar-refractivity contribution in [1.29, 1.82) is 0 Å². The molecule has 0 saturated carbocycles. The predicted octanol–water partition coefficient (Wildman–Crippen LogP) is 5.76. The third-order valence-corrected chi connectivity index (χ3v) is 9.05. The van der Waals surface area contributed by atoms with E-state index in [2.05, 4.69) is 48.2 Å². The van der Waals surface area contributed by atoms with Gasteiger partial charge in [-0.05, 0) is 97.7 Å². The van der Waals surface area contributed by atoms with E-state index < -0.39 is 27.7 Å². The lowest BCUT2D eigenvalue weighted by Crippen LogP contribution is -2.40. The van der Waals surface area contributed by atoms with Crippen LogP contribution in [0, 0.1) is 0 Å². The van der Waals surface area contributed by atoms with Gasteiger partial charge >= 0.3 is 16.1 Å². The number of aromatic nitrogens is 1. The molecule has 3 aromatic rings. The zero-order valence-electron chi connectivity index (χ0n) is 27.3. The lowest BCUT2D eigenvalue weighted by atomic mass is 10.1. The minimum absolute atomic E-state index is 0.0449. The Balaban J connectivity index is 1.50. The maximum absolute atomic E-state index is 13.0. The van der Waals surface area contributed by atoms with E-state index >= 15 is 0 Å². The summed E-state index contributed by atoms with van der Waals surface area (Å²) < 4.78 is 37.3. The van der Waals surface area contributed by atoms with Crippen LogP contribution in [-0.2, 0) is 24.4 Å². The van der Waals surface area contributed by atoms with Crippen molar-refractivity contribution in [1.82, 2.24) is 9.88 Å². The van der Waals surface area contributed by atoms with E-state index in [-0.39, 0.29) is 23.0 Å². The van der Waals surface area contributed by atoms with Gasteiger partial charge in [0.05, 0.1) is 10.2 Å². The number of rotatable bonds is 16. The molecule has 1 unspecified atom stereocenters. The highest BCUT2D eigenvalue weighted by Crippen LogP contribution is 2.31. The number of unbranched alkanes of at least 4 members (excludes halogenated alkanes) is 1. The highest BCUT2D eigenvalue weighted by molar-refractivity contribution is 7.87. The summed E-state index contributed by atoms with van der Waals surface area (Å²) in [5.74, 6) is -0.516. The number of nitrogens with one attached hydrogen (secondary N) is 2. The van der Waals surface area contributed by atoms with Crippen molar-refractivity contribution in [3.63, 3.8) is 0 Å². The molecule has 4 N–H and O–H groups in total. The van der Waals surface area contributed by atoms with E-state index in [0.29, 0.717) is 46.7 Å². The van der Waals surface area contributed by atoms with Gasteiger partial charge in [-0.15, -0.1) is 0 Å². The lowest BCUT2D eigenvalue weighted by molar-refractivity contribution is -0.156. The number of amides is 1. The molecule has 0 aliphatic carbocycles. The van der Waals surface area contributed by atoms with Crippen molar-refractivity contribution in [3.05, 3.63) is 42.5 Å². The normalized spacial score (nSPS) is 13.0. The van der Waals surface area contributed by atoms with E-state index in [1.807, 2.05) is 0 Å².